The van der Waals surface area contributed by atoms with Gasteiger partial charge in [-0.05, 0) is 210 Å². The molecule has 0 bridgehead atoms. The Morgan fingerprint density at radius 1 is 0.457 bits per heavy atom. The summed E-state index contributed by atoms with van der Waals surface area (Å²) in [4.78, 5) is 56.0. The van der Waals surface area contributed by atoms with Crippen LogP contribution in [-0.4, -0.2) is 120 Å². The number of carbonyl (C=O) groups excluding carboxylic acids is 4. The van der Waals surface area contributed by atoms with E-state index >= 15 is 0 Å². The minimum absolute atomic E-state index is 0. The van der Waals surface area contributed by atoms with Gasteiger partial charge in [0.05, 0.1) is 42.7 Å². The fourth-order valence-electron chi connectivity index (χ4n) is 13.4. The molecule has 1 unspecified atom stereocenters. The summed E-state index contributed by atoms with van der Waals surface area (Å²) >= 11 is 5.30. The van der Waals surface area contributed by atoms with Gasteiger partial charge in [-0.25, -0.2) is 0 Å². The molecule has 3 aliphatic heterocycles. The predicted octanol–water partition coefficient (Wildman–Crippen LogP) is 13.2. The molecule has 496 valence electrons. The topological polar surface area (TPSA) is 133 Å². The zero-order valence-corrected chi connectivity index (χ0v) is 60.4. The maximum atomic E-state index is 13.2. The number of Topliss-reactive ketones (excluding diaryl/α,β-unsaturated/α-hetero) is 3. The van der Waals surface area contributed by atoms with E-state index in [0.29, 0.717) is 77.7 Å². The van der Waals surface area contributed by atoms with E-state index in [0.717, 1.165) is 175 Å². The third-order valence-corrected chi connectivity index (χ3v) is 18.5. The van der Waals surface area contributed by atoms with Crippen molar-refractivity contribution in [1.82, 2.24) is 14.7 Å². The van der Waals surface area contributed by atoms with Crippen LogP contribution in [0.1, 0.15) is 143 Å². The fraction of sp³-hybridized carbons (Fsp3) is 0.447. The Morgan fingerprint density at radius 3 is 1.27 bits per heavy atom. The number of hydrogen-bond donors (Lipinski definition) is 0. The van der Waals surface area contributed by atoms with Crippen molar-refractivity contribution < 1.29 is 60.9 Å². The number of aldehydes is 1. The van der Waals surface area contributed by atoms with E-state index < -0.39 is 0 Å². The number of piperidine rings is 3. The number of carbonyl (C=O) groups is 4. The zero-order valence-electron chi connectivity index (χ0n) is 53.9. The molecule has 16 heteroatoms. The van der Waals surface area contributed by atoms with Crippen LogP contribution in [0.3, 0.4) is 0 Å². The van der Waals surface area contributed by atoms with Crippen LogP contribution in [0.15, 0.2) is 139 Å². The minimum atomic E-state index is 0. The van der Waals surface area contributed by atoms with Crippen molar-refractivity contribution >= 4 is 60.9 Å². The number of fused-ring (bicyclic) bond motifs is 3. The van der Waals surface area contributed by atoms with Crippen LogP contribution < -0.4 is 41.7 Å². The maximum absolute atomic E-state index is 13.2. The van der Waals surface area contributed by atoms with Crippen molar-refractivity contribution in [2.75, 3.05) is 81.9 Å². The number of halogens is 3. The van der Waals surface area contributed by atoms with E-state index in [9.17, 15) is 19.2 Å². The van der Waals surface area contributed by atoms with Crippen molar-refractivity contribution in [1.29, 1.82) is 0 Å². The fourth-order valence-corrected chi connectivity index (χ4v) is 13.4. The minimum Gasteiger partial charge on any atom is -0.303 e. The summed E-state index contributed by atoms with van der Waals surface area (Å²) in [7, 11) is 9.69. The smallest absolute Gasteiger partial charge is 0.123 e. The van der Waals surface area contributed by atoms with E-state index in [4.69, 9.17) is 28.4 Å². The molecule has 0 radical (unpaired) electrons. The molecule has 3 heterocycles. The van der Waals surface area contributed by atoms with Crippen LogP contribution in [0.5, 0.6) is 34.5 Å². The molecule has 0 aromatic heterocycles. The van der Waals surface area contributed by atoms with Crippen LogP contribution in [0.4, 0.5) is 0 Å². The number of methoxy groups -OCH3 is 6. The number of rotatable bonds is 16. The number of benzene rings is 6. The van der Waals surface area contributed by atoms with E-state index in [2.05, 4.69) is 143 Å². The molecular weight excluding hydrogens is 1500 g/mol. The molecular formula is C76H95I3N3O10-. The van der Waals surface area contributed by atoms with E-state index in [1.165, 1.54) is 29.5 Å². The van der Waals surface area contributed by atoms with E-state index in [-0.39, 0.29) is 24.9 Å². The van der Waals surface area contributed by atoms with Crippen molar-refractivity contribution in [2.24, 2.45) is 23.7 Å². The monoisotopic (exact) mass is 1590 g/mol. The summed E-state index contributed by atoms with van der Waals surface area (Å²) in [6, 6.07) is 43.2. The summed E-state index contributed by atoms with van der Waals surface area (Å²) in [5, 5.41) is 0. The first kappa shape index (κ1) is 74.0. The molecule has 3 aliphatic carbocycles. The van der Waals surface area contributed by atoms with Gasteiger partial charge in [-0.3, -0.25) is 29.1 Å². The summed E-state index contributed by atoms with van der Waals surface area (Å²) < 4.78 is 32.0. The molecule has 0 amide bonds. The molecule has 0 spiro atoms. The molecule has 6 aromatic rings. The Kier molecular flexibility index (Phi) is 31.2. The first-order valence-corrected chi connectivity index (χ1v) is 44.7. The largest absolute Gasteiger partial charge is 0.303 e. The van der Waals surface area contributed by atoms with Gasteiger partial charge < -0.3 is 33.2 Å². The molecule has 3 saturated heterocycles. The third kappa shape index (κ3) is 21.3. The second kappa shape index (κ2) is 38.8. The van der Waals surface area contributed by atoms with Gasteiger partial charge >= 0.3 is 50.5 Å². The average molecular weight is 1590 g/mol. The number of ether oxygens (including phenoxy) is 6. The van der Waals surface area contributed by atoms with Crippen molar-refractivity contribution in [3.05, 3.63) is 189 Å². The van der Waals surface area contributed by atoms with Crippen LogP contribution in [-0.2, 0) is 43.7 Å². The van der Waals surface area contributed by atoms with Gasteiger partial charge in [0.25, 0.3) is 0 Å². The van der Waals surface area contributed by atoms with Crippen LogP contribution in [0.25, 0.3) is 0 Å². The van der Waals surface area contributed by atoms with Crippen molar-refractivity contribution in [3.63, 3.8) is 0 Å². The van der Waals surface area contributed by atoms with Crippen molar-refractivity contribution in [2.45, 2.75) is 117 Å². The molecule has 6 aliphatic rings. The standard InChI is InChI=1S/C25H31NO3.C25H29NO3.C13H17NO.C12H14O3.CH4.I3/c2*1-28-23-15-20-8-9-21(25(27)22(20)16-24(23)29-2)14-18-10-12-26(13-11-18)17-19-6-4-3-5-7-19;15-11-13-6-8-14(9-7-13)10-12-4-2-1-3-5-12;1-14-11-6-8-4-3-5-10(13)9(8)7-12(11)15-2;;1-3-2/h3-7,15-16,18,21H,8-14,17H2,1-2H3;3-7,14-16,18H,8-13,17H2,1-2H3;1-5,11,13H,6-10H2;6-7H,3-5H2,1-2H3;1H4;/q;;;;;-1. The number of allylic oxidation sites excluding steroid dienone is 2. The molecule has 92 heavy (non-hydrogen) atoms. The van der Waals surface area contributed by atoms with Gasteiger partial charge in [-0.2, -0.15) is 0 Å². The Bertz CT molecular complexity index is 3310. The predicted molar refractivity (Wildman–Crippen MR) is 382 cm³/mol. The van der Waals surface area contributed by atoms with Gasteiger partial charge in [-0.1, -0.05) is 104 Å². The van der Waals surface area contributed by atoms with Gasteiger partial charge in [-0.15, -0.1) is 0 Å². The molecule has 6 aromatic carbocycles. The second-order valence-electron chi connectivity index (χ2n) is 24.3. The van der Waals surface area contributed by atoms with Crippen LogP contribution in [0.2, 0.25) is 0 Å². The van der Waals surface area contributed by atoms with E-state index in [1.807, 2.05) is 36.4 Å². The number of hydrogen-bond acceptors (Lipinski definition) is 13. The first-order chi connectivity index (χ1) is 44.4. The number of aryl methyl sites for hydroxylation is 3. The number of ketones is 3. The Hall–Kier alpha value is -5.39. The summed E-state index contributed by atoms with van der Waals surface area (Å²) in [5.41, 5.74) is 10.7. The van der Waals surface area contributed by atoms with Crippen LogP contribution >= 0.6 is 37.2 Å². The third-order valence-electron chi connectivity index (χ3n) is 18.5. The normalized spacial score (nSPS) is 18.2. The molecule has 0 N–H and O–H groups in total. The number of likely N-dealkylation sites (tertiary alicyclic amines) is 3. The van der Waals surface area contributed by atoms with Crippen LogP contribution in [0, 0.1) is 23.7 Å². The quantitative estimate of drug-likeness (QED) is 0.0518. The van der Waals surface area contributed by atoms with Crippen molar-refractivity contribution in [3.8, 4) is 34.5 Å². The molecule has 12 rings (SSSR count). The number of nitrogens with zero attached hydrogens (tertiary/aromatic N) is 3. The molecule has 1 atom stereocenters. The summed E-state index contributed by atoms with van der Waals surface area (Å²) in [6.07, 6.45) is 17.1. The Balaban J connectivity index is 0.000000178. The molecule has 13 nitrogen and oxygen atoms in total. The summed E-state index contributed by atoms with van der Waals surface area (Å²) in [5.74, 6) is 6.24. The van der Waals surface area contributed by atoms with Gasteiger partial charge in [0, 0.05) is 54.6 Å². The Labute approximate surface area is 577 Å². The SMILES string of the molecule is C.COc1cc2c(cc1OC)C(=O)C(=CC1CCN(Cc3ccccc3)CC1)CC2.COc1cc2c(cc1OC)C(=O)C(CC1CCN(Cc3ccccc3)CC1)CC2.COc1cc2c(cc1OC)C(=O)CCC2.I[I-]I.O=CC1CCN(Cc2ccccc2)CC1. The zero-order chi connectivity index (χ0) is 64.5. The second-order valence-corrected chi connectivity index (χ2v) is 40.6. The maximum Gasteiger partial charge on any atom is 0.123 e. The van der Waals surface area contributed by atoms with Gasteiger partial charge in [0.1, 0.15) is 6.29 Å². The average Bonchev–Trinajstić information content (AvgIpc) is 0.824. The summed E-state index contributed by atoms with van der Waals surface area (Å²) in [6.45, 7) is 9.59. The first-order valence-electron chi connectivity index (χ1n) is 32.1. The molecule has 0 saturated carbocycles. The Morgan fingerprint density at radius 2 is 0.837 bits per heavy atom. The van der Waals surface area contributed by atoms with E-state index in [1.54, 1.807) is 48.7 Å². The molecule has 3 fully saturated rings. The van der Waals surface area contributed by atoms with Gasteiger partial charge in [0.15, 0.2) is 51.8 Å². The van der Waals surface area contributed by atoms with Gasteiger partial charge in [0.2, 0.25) is 0 Å².